The normalized spacial score (nSPS) is 10.9. The third kappa shape index (κ3) is 3.26. The van der Waals surface area contributed by atoms with Crippen LogP contribution in [0, 0.1) is 0 Å². The van der Waals surface area contributed by atoms with Crippen LogP contribution in [-0.2, 0) is 6.54 Å². The van der Waals surface area contributed by atoms with E-state index >= 15 is 0 Å². The molecule has 4 aromatic rings. The molecule has 7 nitrogen and oxygen atoms in total. The van der Waals surface area contributed by atoms with Crippen LogP contribution >= 0.6 is 22.7 Å². The molecule has 0 radical (unpaired) electrons. The molecule has 3 heterocycles. The molecule has 0 unspecified atom stereocenters. The predicted molar refractivity (Wildman–Crippen MR) is 104 cm³/mol. The number of methoxy groups -OCH3 is 2. The fourth-order valence-electron chi connectivity index (χ4n) is 2.71. The first-order valence-corrected chi connectivity index (χ1v) is 9.73. The molecule has 0 aliphatic rings. The molecule has 9 heteroatoms. The molecule has 0 aliphatic carbocycles. The van der Waals surface area contributed by atoms with Crippen molar-refractivity contribution < 1.29 is 14.0 Å². The van der Waals surface area contributed by atoms with E-state index in [1.807, 2.05) is 41.1 Å². The zero-order chi connectivity index (χ0) is 18.8. The third-order valence-electron chi connectivity index (χ3n) is 3.93. The van der Waals surface area contributed by atoms with Gasteiger partial charge in [0, 0.05) is 5.38 Å². The van der Waals surface area contributed by atoms with E-state index in [2.05, 4.69) is 10.1 Å². The van der Waals surface area contributed by atoms with Crippen LogP contribution in [0.15, 0.2) is 50.4 Å². The van der Waals surface area contributed by atoms with Crippen LogP contribution in [0.1, 0.15) is 5.69 Å². The van der Waals surface area contributed by atoms with Crippen molar-refractivity contribution >= 4 is 22.7 Å². The van der Waals surface area contributed by atoms with Gasteiger partial charge in [0.2, 0.25) is 0 Å². The summed E-state index contributed by atoms with van der Waals surface area (Å²) in [7, 11) is 3.19. The van der Waals surface area contributed by atoms with Crippen molar-refractivity contribution in [2.24, 2.45) is 0 Å². The largest absolute Gasteiger partial charge is 0.493 e. The SMILES string of the molecule is COc1cccc(-c2nc(Cn3c(-c4cccs4)noc3=O)cs2)c1OC. The number of para-hydroxylation sites is 1. The predicted octanol–water partition coefficient (Wildman–Crippen LogP) is 3.75. The Morgan fingerprint density at radius 1 is 1.15 bits per heavy atom. The summed E-state index contributed by atoms with van der Waals surface area (Å²) in [6, 6.07) is 9.44. The minimum atomic E-state index is -0.507. The Hall–Kier alpha value is -2.91. The van der Waals surface area contributed by atoms with Gasteiger partial charge in [-0.15, -0.1) is 22.7 Å². The van der Waals surface area contributed by atoms with Gasteiger partial charge in [-0.2, -0.15) is 0 Å². The van der Waals surface area contributed by atoms with Crippen molar-refractivity contribution in [3.63, 3.8) is 0 Å². The molecule has 1 aromatic carbocycles. The van der Waals surface area contributed by atoms with Gasteiger partial charge in [-0.1, -0.05) is 17.3 Å². The first-order chi connectivity index (χ1) is 13.2. The molecule has 27 heavy (non-hydrogen) atoms. The number of aromatic nitrogens is 3. The van der Waals surface area contributed by atoms with Gasteiger partial charge in [0.1, 0.15) is 5.01 Å². The second kappa shape index (κ2) is 7.37. The molecular weight excluding hydrogens is 386 g/mol. The van der Waals surface area contributed by atoms with E-state index in [4.69, 9.17) is 14.0 Å². The average Bonchev–Trinajstić information content (AvgIpc) is 3.44. The van der Waals surface area contributed by atoms with Crippen LogP contribution < -0.4 is 15.2 Å². The van der Waals surface area contributed by atoms with E-state index in [0.717, 1.165) is 21.1 Å². The van der Waals surface area contributed by atoms with Crippen LogP contribution in [0.2, 0.25) is 0 Å². The topological polar surface area (TPSA) is 79.4 Å². The van der Waals surface area contributed by atoms with E-state index in [1.54, 1.807) is 14.2 Å². The molecule has 0 saturated carbocycles. The number of thiophene rings is 1. The number of rotatable bonds is 6. The molecule has 0 aliphatic heterocycles. The van der Waals surface area contributed by atoms with Gasteiger partial charge in [-0.25, -0.2) is 14.3 Å². The molecule has 0 N–H and O–H groups in total. The number of nitrogens with zero attached hydrogens (tertiary/aromatic N) is 3. The molecule has 3 aromatic heterocycles. The lowest BCUT2D eigenvalue weighted by Crippen LogP contribution is -2.16. The van der Waals surface area contributed by atoms with Crippen molar-refractivity contribution in [1.29, 1.82) is 0 Å². The molecular formula is C18H15N3O4S2. The highest BCUT2D eigenvalue weighted by Gasteiger charge is 2.18. The van der Waals surface area contributed by atoms with Gasteiger partial charge < -0.3 is 9.47 Å². The summed E-state index contributed by atoms with van der Waals surface area (Å²) in [5, 5.41) is 8.51. The molecule has 0 spiro atoms. The lowest BCUT2D eigenvalue weighted by Gasteiger charge is -2.10. The number of ether oxygens (including phenoxy) is 2. The summed E-state index contributed by atoms with van der Waals surface area (Å²) in [5.74, 6) is 1.26. The van der Waals surface area contributed by atoms with Gasteiger partial charge in [-0.3, -0.25) is 4.52 Å². The Kier molecular flexibility index (Phi) is 4.78. The lowest BCUT2D eigenvalue weighted by atomic mass is 10.2. The molecule has 0 saturated heterocycles. The van der Waals surface area contributed by atoms with E-state index in [9.17, 15) is 4.79 Å². The summed E-state index contributed by atoms with van der Waals surface area (Å²) >= 11 is 2.97. The van der Waals surface area contributed by atoms with Crippen LogP contribution in [0.5, 0.6) is 11.5 Å². The molecule has 0 amide bonds. The highest BCUT2D eigenvalue weighted by Crippen LogP contribution is 2.39. The zero-order valence-corrected chi connectivity index (χ0v) is 16.2. The third-order valence-corrected chi connectivity index (χ3v) is 5.72. The fourth-order valence-corrected chi connectivity index (χ4v) is 4.26. The van der Waals surface area contributed by atoms with Crippen LogP contribution in [0.3, 0.4) is 0 Å². The quantitative estimate of drug-likeness (QED) is 0.490. The Bertz CT molecular complexity index is 1110. The van der Waals surface area contributed by atoms with Crippen molar-refractivity contribution in [2.45, 2.75) is 6.54 Å². The maximum Gasteiger partial charge on any atom is 0.442 e. The summed E-state index contributed by atoms with van der Waals surface area (Å²) in [5.41, 5.74) is 1.58. The maximum absolute atomic E-state index is 12.1. The minimum absolute atomic E-state index is 0.276. The summed E-state index contributed by atoms with van der Waals surface area (Å²) in [4.78, 5) is 17.6. The summed E-state index contributed by atoms with van der Waals surface area (Å²) in [6.07, 6.45) is 0. The van der Waals surface area contributed by atoms with Crippen LogP contribution in [0.4, 0.5) is 0 Å². The fraction of sp³-hybridized carbons (Fsp3) is 0.167. The average molecular weight is 401 g/mol. The second-order valence-corrected chi connectivity index (χ2v) is 7.33. The smallest absolute Gasteiger partial charge is 0.442 e. The molecule has 0 fully saturated rings. The van der Waals surface area contributed by atoms with Gasteiger partial charge in [0.15, 0.2) is 17.3 Å². The van der Waals surface area contributed by atoms with Gasteiger partial charge in [-0.05, 0) is 23.6 Å². The minimum Gasteiger partial charge on any atom is -0.493 e. The molecule has 0 atom stereocenters. The Balaban J connectivity index is 1.68. The molecule has 0 bridgehead atoms. The van der Waals surface area contributed by atoms with Gasteiger partial charge in [0.25, 0.3) is 0 Å². The van der Waals surface area contributed by atoms with E-state index in [0.29, 0.717) is 17.3 Å². The Labute approximate surface area is 162 Å². The number of benzene rings is 1. The number of hydrogen-bond acceptors (Lipinski definition) is 8. The number of thiazole rings is 1. The van der Waals surface area contributed by atoms with Gasteiger partial charge in [0.05, 0.1) is 36.9 Å². The van der Waals surface area contributed by atoms with E-state index in [1.165, 1.54) is 27.2 Å². The van der Waals surface area contributed by atoms with Crippen LogP contribution in [-0.4, -0.2) is 28.9 Å². The molecule has 138 valence electrons. The monoisotopic (exact) mass is 401 g/mol. The number of hydrogen-bond donors (Lipinski definition) is 0. The first-order valence-electron chi connectivity index (χ1n) is 7.97. The summed E-state index contributed by atoms with van der Waals surface area (Å²) < 4.78 is 17.2. The van der Waals surface area contributed by atoms with Crippen molar-refractivity contribution in [2.75, 3.05) is 14.2 Å². The highest BCUT2D eigenvalue weighted by molar-refractivity contribution is 7.13. The molecule has 4 rings (SSSR count). The van der Waals surface area contributed by atoms with Crippen molar-refractivity contribution in [3.8, 4) is 32.8 Å². The standard InChI is InChI=1S/C18H15N3O4S2/c1-23-13-6-3-5-12(15(13)24-2)17-19-11(10-27-17)9-21-16(20-25-18(21)22)14-7-4-8-26-14/h3-8,10H,9H2,1-2H3. The Morgan fingerprint density at radius 2 is 2.04 bits per heavy atom. The first kappa shape index (κ1) is 17.5. The van der Waals surface area contributed by atoms with E-state index < -0.39 is 5.76 Å². The van der Waals surface area contributed by atoms with Gasteiger partial charge >= 0.3 is 5.76 Å². The Morgan fingerprint density at radius 3 is 2.78 bits per heavy atom. The zero-order valence-electron chi connectivity index (χ0n) is 14.5. The van der Waals surface area contributed by atoms with E-state index in [-0.39, 0.29) is 6.54 Å². The highest BCUT2D eigenvalue weighted by atomic mass is 32.1. The maximum atomic E-state index is 12.1. The van der Waals surface area contributed by atoms with Crippen LogP contribution in [0.25, 0.3) is 21.3 Å². The van der Waals surface area contributed by atoms with Crippen molar-refractivity contribution in [1.82, 2.24) is 14.7 Å². The summed E-state index contributed by atoms with van der Waals surface area (Å²) in [6.45, 7) is 0.276. The second-order valence-electron chi connectivity index (χ2n) is 5.52. The lowest BCUT2D eigenvalue weighted by molar-refractivity contribution is 0.356. The van der Waals surface area contributed by atoms with Crippen molar-refractivity contribution in [3.05, 3.63) is 57.3 Å².